The number of aromatic nitrogens is 3. The van der Waals surface area contributed by atoms with Gasteiger partial charge in [-0.15, -0.1) is 10.2 Å². The normalized spacial score (nSPS) is 10.3. The molecule has 7 nitrogen and oxygen atoms in total. The van der Waals surface area contributed by atoms with Crippen molar-refractivity contribution < 1.29 is 9.21 Å². The number of rotatable bonds is 6. The first kappa shape index (κ1) is 14.0. The third-order valence-electron chi connectivity index (χ3n) is 2.61. The van der Waals surface area contributed by atoms with Crippen LogP contribution in [0, 0.1) is 0 Å². The molecule has 2 aromatic heterocycles. The second-order valence-electron chi connectivity index (χ2n) is 4.09. The van der Waals surface area contributed by atoms with Crippen LogP contribution in [-0.2, 0) is 13.0 Å². The molecule has 0 spiro atoms. The molecule has 0 aliphatic carbocycles. The van der Waals surface area contributed by atoms with Gasteiger partial charge in [-0.2, -0.15) is 0 Å². The van der Waals surface area contributed by atoms with Crippen LogP contribution in [0.25, 0.3) is 0 Å². The number of hydrogen-bond donors (Lipinski definition) is 2. The van der Waals surface area contributed by atoms with Crippen molar-refractivity contribution in [2.75, 3.05) is 11.9 Å². The predicted octanol–water partition coefficient (Wildman–Crippen LogP) is 1.39. The Balaban J connectivity index is 1.92. The van der Waals surface area contributed by atoms with E-state index < -0.39 is 0 Å². The average molecular weight is 275 g/mol. The standard InChI is InChI=1S/C13H17N5O2/c1-3-9-7-16-12(20-9)8-15-11-6-5-10(17-18-11)13(19)14-4-2/h5-7H,3-4,8H2,1-2H3,(H,14,19)(H,15,18). The highest BCUT2D eigenvalue weighted by atomic mass is 16.4. The molecule has 0 aliphatic rings. The maximum absolute atomic E-state index is 11.5. The van der Waals surface area contributed by atoms with E-state index in [0.717, 1.165) is 12.2 Å². The fourth-order valence-corrected chi connectivity index (χ4v) is 1.56. The Labute approximate surface area is 116 Å². The minimum Gasteiger partial charge on any atom is -0.444 e. The second kappa shape index (κ2) is 6.65. The molecule has 106 valence electrons. The Morgan fingerprint density at radius 1 is 1.30 bits per heavy atom. The third kappa shape index (κ3) is 3.53. The van der Waals surface area contributed by atoms with Gasteiger partial charge in [0, 0.05) is 13.0 Å². The quantitative estimate of drug-likeness (QED) is 0.827. The smallest absolute Gasteiger partial charge is 0.271 e. The Kier molecular flexibility index (Phi) is 4.65. The zero-order valence-electron chi connectivity index (χ0n) is 11.5. The third-order valence-corrected chi connectivity index (χ3v) is 2.61. The van der Waals surface area contributed by atoms with Crippen LogP contribution >= 0.6 is 0 Å². The summed E-state index contributed by atoms with van der Waals surface area (Å²) in [6, 6.07) is 3.31. The van der Waals surface area contributed by atoms with E-state index in [1.54, 1.807) is 18.3 Å². The van der Waals surface area contributed by atoms with Gasteiger partial charge in [0.05, 0.1) is 12.7 Å². The lowest BCUT2D eigenvalue weighted by molar-refractivity contribution is 0.0950. The molecule has 0 aromatic carbocycles. The Hall–Kier alpha value is -2.44. The van der Waals surface area contributed by atoms with Crippen molar-refractivity contribution >= 4 is 11.7 Å². The molecular weight excluding hydrogens is 258 g/mol. The van der Waals surface area contributed by atoms with E-state index in [4.69, 9.17) is 4.42 Å². The van der Waals surface area contributed by atoms with Gasteiger partial charge in [0.2, 0.25) is 5.89 Å². The van der Waals surface area contributed by atoms with Crippen LogP contribution < -0.4 is 10.6 Å². The highest BCUT2D eigenvalue weighted by molar-refractivity contribution is 5.92. The zero-order chi connectivity index (χ0) is 14.4. The molecule has 20 heavy (non-hydrogen) atoms. The van der Waals surface area contributed by atoms with E-state index in [1.807, 2.05) is 13.8 Å². The van der Waals surface area contributed by atoms with E-state index in [2.05, 4.69) is 25.8 Å². The molecule has 2 aromatic rings. The minimum absolute atomic E-state index is 0.230. The molecule has 0 saturated carbocycles. The number of carbonyl (C=O) groups is 1. The number of nitrogens with zero attached hydrogens (tertiary/aromatic N) is 3. The first-order valence-corrected chi connectivity index (χ1v) is 6.52. The van der Waals surface area contributed by atoms with Crippen LogP contribution in [0.15, 0.2) is 22.7 Å². The molecule has 1 amide bonds. The highest BCUT2D eigenvalue weighted by Gasteiger charge is 2.07. The van der Waals surface area contributed by atoms with E-state index in [9.17, 15) is 4.79 Å². The van der Waals surface area contributed by atoms with Crippen molar-refractivity contribution in [2.24, 2.45) is 0 Å². The molecule has 0 atom stereocenters. The van der Waals surface area contributed by atoms with Crippen molar-refractivity contribution in [3.63, 3.8) is 0 Å². The van der Waals surface area contributed by atoms with Crippen LogP contribution in [0.1, 0.15) is 36.0 Å². The number of hydrogen-bond acceptors (Lipinski definition) is 6. The number of carbonyl (C=O) groups excluding carboxylic acids is 1. The number of anilines is 1. The van der Waals surface area contributed by atoms with Gasteiger partial charge in [0.1, 0.15) is 11.6 Å². The van der Waals surface area contributed by atoms with Gasteiger partial charge in [-0.3, -0.25) is 4.79 Å². The summed E-state index contributed by atoms with van der Waals surface area (Å²) in [6.07, 6.45) is 2.52. The summed E-state index contributed by atoms with van der Waals surface area (Å²) in [5.41, 5.74) is 0.293. The fourth-order valence-electron chi connectivity index (χ4n) is 1.56. The molecule has 0 radical (unpaired) electrons. The Morgan fingerprint density at radius 3 is 2.75 bits per heavy atom. The molecule has 0 bridgehead atoms. The van der Waals surface area contributed by atoms with E-state index in [-0.39, 0.29) is 5.91 Å². The molecule has 0 fully saturated rings. The highest BCUT2D eigenvalue weighted by Crippen LogP contribution is 2.07. The van der Waals surface area contributed by atoms with Gasteiger partial charge in [-0.1, -0.05) is 6.92 Å². The zero-order valence-corrected chi connectivity index (χ0v) is 11.5. The molecule has 2 heterocycles. The van der Waals surface area contributed by atoms with Crippen molar-refractivity contribution in [1.29, 1.82) is 0 Å². The lowest BCUT2D eigenvalue weighted by atomic mass is 10.3. The van der Waals surface area contributed by atoms with Gasteiger partial charge in [0.25, 0.3) is 5.91 Å². The SMILES string of the molecule is CCNC(=O)c1ccc(NCc2ncc(CC)o2)nn1. The molecule has 2 N–H and O–H groups in total. The van der Waals surface area contributed by atoms with E-state index in [0.29, 0.717) is 30.5 Å². The summed E-state index contributed by atoms with van der Waals surface area (Å²) in [7, 11) is 0. The molecule has 2 rings (SSSR count). The van der Waals surface area contributed by atoms with Crippen LogP contribution in [-0.4, -0.2) is 27.6 Å². The first-order chi connectivity index (χ1) is 9.72. The Morgan fingerprint density at radius 2 is 2.15 bits per heavy atom. The van der Waals surface area contributed by atoms with Crippen molar-refractivity contribution in [3.8, 4) is 0 Å². The Bertz CT molecular complexity index is 564. The summed E-state index contributed by atoms with van der Waals surface area (Å²) >= 11 is 0. The lowest BCUT2D eigenvalue weighted by Crippen LogP contribution is -2.24. The van der Waals surface area contributed by atoms with Crippen LogP contribution in [0.5, 0.6) is 0 Å². The molecule has 7 heteroatoms. The van der Waals surface area contributed by atoms with Crippen molar-refractivity contribution in [3.05, 3.63) is 35.7 Å². The number of oxazole rings is 1. The van der Waals surface area contributed by atoms with E-state index >= 15 is 0 Å². The maximum Gasteiger partial charge on any atom is 0.271 e. The monoisotopic (exact) mass is 275 g/mol. The minimum atomic E-state index is -0.230. The number of nitrogens with one attached hydrogen (secondary N) is 2. The fraction of sp³-hybridized carbons (Fsp3) is 0.385. The molecular formula is C13H17N5O2. The van der Waals surface area contributed by atoms with Gasteiger partial charge in [0.15, 0.2) is 5.69 Å². The topological polar surface area (TPSA) is 92.9 Å². The van der Waals surface area contributed by atoms with Crippen LogP contribution in [0.3, 0.4) is 0 Å². The predicted molar refractivity (Wildman–Crippen MR) is 73.2 cm³/mol. The first-order valence-electron chi connectivity index (χ1n) is 6.52. The second-order valence-corrected chi connectivity index (χ2v) is 4.09. The van der Waals surface area contributed by atoms with Crippen molar-refractivity contribution in [1.82, 2.24) is 20.5 Å². The number of amides is 1. The maximum atomic E-state index is 11.5. The number of aryl methyl sites for hydroxylation is 1. The summed E-state index contributed by atoms with van der Waals surface area (Å²) in [5.74, 6) is 1.78. The van der Waals surface area contributed by atoms with Gasteiger partial charge < -0.3 is 15.1 Å². The van der Waals surface area contributed by atoms with Gasteiger partial charge in [-0.25, -0.2) is 4.98 Å². The van der Waals surface area contributed by atoms with Gasteiger partial charge >= 0.3 is 0 Å². The largest absolute Gasteiger partial charge is 0.444 e. The molecule has 0 unspecified atom stereocenters. The van der Waals surface area contributed by atoms with Crippen LogP contribution in [0.2, 0.25) is 0 Å². The average Bonchev–Trinajstić information content (AvgIpc) is 2.94. The lowest BCUT2D eigenvalue weighted by Gasteiger charge is -2.03. The van der Waals surface area contributed by atoms with Gasteiger partial charge in [-0.05, 0) is 19.1 Å². The summed E-state index contributed by atoms with van der Waals surface area (Å²) in [4.78, 5) is 15.6. The molecule has 0 saturated heterocycles. The summed E-state index contributed by atoms with van der Waals surface area (Å²) in [5, 5.41) is 13.5. The summed E-state index contributed by atoms with van der Waals surface area (Å²) in [6.45, 7) is 4.84. The summed E-state index contributed by atoms with van der Waals surface area (Å²) < 4.78 is 5.46. The van der Waals surface area contributed by atoms with Crippen molar-refractivity contribution in [2.45, 2.75) is 26.8 Å². The van der Waals surface area contributed by atoms with Crippen LogP contribution in [0.4, 0.5) is 5.82 Å². The molecule has 0 aliphatic heterocycles. The van der Waals surface area contributed by atoms with E-state index in [1.165, 1.54) is 0 Å².